The summed E-state index contributed by atoms with van der Waals surface area (Å²) >= 11 is 0. The van der Waals surface area contributed by atoms with Crippen molar-refractivity contribution in [2.24, 2.45) is 0 Å². The van der Waals surface area contributed by atoms with Gasteiger partial charge in [-0.25, -0.2) is 9.97 Å². The molecule has 0 fully saturated rings. The monoisotopic (exact) mass is 171 g/mol. The fraction of sp³-hybridized carbons (Fsp3) is 0. The first-order valence-electron chi connectivity index (χ1n) is 3.98. The Morgan fingerprint density at radius 3 is 2.38 bits per heavy atom. The van der Waals surface area contributed by atoms with Crippen LogP contribution in [-0.4, -0.2) is 9.97 Å². The second kappa shape index (κ2) is 3.23. The topological polar surface area (TPSA) is 51.8 Å². The van der Waals surface area contributed by atoms with Crippen LogP contribution in [0.15, 0.2) is 43.0 Å². The van der Waals surface area contributed by atoms with Crippen molar-refractivity contribution in [3.8, 4) is 11.1 Å². The minimum atomic E-state index is 0.748. The molecule has 0 aliphatic heterocycles. The summed E-state index contributed by atoms with van der Waals surface area (Å²) in [6.07, 6.45) is 5.00. The molecule has 1 heterocycles. The molecule has 3 heteroatoms. The van der Waals surface area contributed by atoms with E-state index in [0.29, 0.717) is 0 Å². The molecule has 0 atom stereocenters. The molecule has 64 valence electrons. The van der Waals surface area contributed by atoms with Crippen molar-refractivity contribution in [2.75, 3.05) is 5.73 Å². The number of hydrogen-bond acceptors (Lipinski definition) is 3. The molecule has 2 aromatic rings. The quantitative estimate of drug-likeness (QED) is 0.665. The van der Waals surface area contributed by atoms with Crippen molar-refractivity contribution in [1.82, 2.24) is 9.97 Å². The highest BCUT2D eigenvalue weighted by Crippen LogP contribution is 2.23. The van der Waals surface area contributed by atoms with E-state index < -0.39 is 0 Å². The molecular weight excluding hydrogens is 162 g/mol. The summed E-state index contributed by atoms with van der Waals surface area (Å²) in [6, 6.07) is 7.66. The number of nitrogens with zero attached hydrogens (tertiary/aromatic N) is 2. The fourth-order valence-electron chi connectivity index (χ4n) is 1.20. The lowest BCUT2D eigenvalue weighted by Crippen LogP contribution is -1.89. The number of benzene rings is 1. The lowest BCUT2D eigenvalue weighted by Gasteiger charge is -2.02. The number of nitrogen functional groups attached to an aromatic ring is 1. The fourth-order valence-corrected chi connectivity index (χ4v) is 1.20. The molecule has 2 N–H and O–H groups in total. The van der Waals surface area contributed by atoms with E-state index >= 15 is 0 Å². The zero-order chi connectivity index (χ0) is 9.10. The summed E-state index contributed by atoms with van der Waals surface area (Å²) in [5.74, 6) is 0. The number of rotatable bonds is 1. The Hall–Kier alpha value is -1.90. The minimum Gasteiger partial charge on any atom is -0.398 e. The zero-order valence-electron chi connectivity index (χ0n) is 7.01. The molecule has 0 aliphatic carbocycles. The first-order valence-corrected chi connectivity index (χ1v) is 3.98. The van der Waals surface area contributed by atoms with Gasteiger partial charge in [0.2, 0.25) is 0 Å². The van der Waals surface area contributed by atoms with Crippen molar-refractivity contribution >= 4 is 5.69 Å². The maximum atomic E-state index is 5.80. The Bertz CT molecular complexity index is 398. The molecular formula is C10H9N3. The Morgan fingerprint density at radius 2 is 1.69 bits per heavy atom. The molecule has 0 amide bonds. The number of hydrogen-bond donors (Lipinski definition) is 1. The average molecular weight is 171 g/mol. The summed E-state index contributed by atoms with van der Waals surface area (Å²) in [6.45, 7) is 0. The number of nitrogens with two attached hydrogens (primary N) is 1. The van der Waals surface area contributed by atoms with E-state index in [1.165, 1.54) is 6.33 Å². The molecule has 1 aromatic carbocycles. The highest BCUT2D eigenvalue weighted by atomic mass is 14.8. The van der Waals surface area contributed by atoms with E-state index in [4.69, 9.17) is 5.73 Å². The van der Waals surface area contributed by atoms with Gasteiger partial charge in [0, 0.05) is 29.2 Å². The molecule has 13 heavy (non-hydrogen) atoms. The largest absolute Gasteiger partial charge is 0.398 e. The van der Waals surface area contributed by atoms with Crippen LogP contribution in [0.3, 0.4) is 0 Å². The van der Waals surface area contributed by atoms with Crippen LogP contribution in [0.5, 0.6) is 0 Å². The van der Waals surface area contributed by atoms with Crippen LogP contribution in [-0.2, 0) is 0 Å². The standard InChI is InChI=1S/C10H9N3/c11-10-4-2-1-3-9(10)8-5-12-7-13-6-8/h1-7H,11H2. The van der Waals surface area contributed by atoms with Crippen LogP contribution in [0.4, 0.5) is 5.69 Å². The van der Waals surface area contributed by atoms with Crippen molar-refractivity contribution in [3.05, 3.63) is 43.0 Å². The molecule has 1 aromatic heterocycles. The van der Waals surface area contributed by atoms with Crippen molar-refractivity contribution in [2.45, 2.75) is 0 Å². The van der Waals surface area contributed by atoms with Crippen LogP contribution in [0.25, 0.3) is 11.1 Å². The van der Waals surface area contributed by atoms with E-state index in [9.17, 15) is 0 Å². The SMILES string of the molecule is Nc1ccccc1-c1cncnc1. The van der Waals surface area contributed by atoms with E-state index in [0.717, 1.165) is 16.8 Å². The van der Waals surface area contributed by atoms with E-state index in [-0.39, 0.29) is 0 Å². The Balaban J connectivity index is 2.54. The van der Waals surface area contributed by atoms with Gasteiger partial charge in [0.05, 0.1) is 0 Å². The van der Waals surface area contributed by atoms with E-state index in [1.807, 2.05) is 24.3 Å². The van der Waals surface area contributed by atoms with Crippen molar-refractivity contribution in [3.63, 3.8) is 0 Å². The highest BCUT2D eigenvalue weighted by Gasteiger charge is 2.00. The molecule has 0 spiro atoms. The van der Waals surface area contributed by atoms with Gasteiger partial charge in [0.1, 0.15) is 6.33 Å². The van der Waals surface area contributed by atoms with E-state index in [2.05, 4.69) is 9.97 Å². The third kappa shape index (κ3) is 1.49. The van der Waals surface area contributed by atoms with Crippen LogP contribution in [0.2, 0.25) is 0 Å². The summed E-state index contributed by atoms with van der Waals surface area (Å²) in [7, 11) is 0. The van der Waals surface area contributed by atoms with Crippen molar-refractivity contribution in [1.29, 1.82) is 0 Å². The van der Waals surface area contributed by atoms with Gasteiger partial charge in [0.15, 0.2) is 0 Å². The van der Waals surface area contributed by atoms with Gasteiger partial charge in [0.25, 0.3) is 0 Å². The minimum absolute atomic E-state index is 0.748. The predicted octanol–water partition coefficient (Wildman–Crippen LogP) is 1.73. The lowest BCUT2D eigenvalue weighted by atomic mass is 10.1. The van der Waals surface area contributed by atoms with Gasteiger partial charge in [-0.1, -0.05) is 18.2 Å². The molecule has 3 nitrogen and oxygen atoms in total. The Kier molecular flexibility index (Phi) is 1.92. The molecule has 0 saturated heterocycles. The van der Waals surface area contributed by atoms with Crippen LogP contribution < -0.4 is 5.73 Å². The Morgan fingerprint density at radius 1 is 1.00 bits per heavy atom. The maximum absolute atomic E-state index is 5.80. The zero-order valence-corrected chi connectivity index (χ0v) is 7.01. The Labute approximate surface area is 76.3 Å². The first-order chi connectivity index (χ1) is 6.38. The van der Waals surface area contributed by atoms with Crippen molar-refractivity contribution < 1.29 is 0 Å². The van der Waals surface area contributed by atoms with Crippen LogP contribution in [0.1, 0.15) is 0 Å². The smallest absolute Gasteiger partial charge is 0.115 e. The predicted molar refractivity (Wildman–Crippen MR) is 51.9 cm³/mol. The van der Waals surface area contributed by atoms with Gasteiger partial charge in [-0.3, -0.25) is 0 Å². The van der Waals surface area contributed by atoms with Gasteiger partial charge in [-0.05, 0) is 6.07 Å². The first kappa shape index (κ1) is 7.73. The second-order valence-corrected chi connectivity index (χ2v) is 2.71. The number of anilines is 1. The molecule has 2 rings (SSSR count). The van der Waals surface area contributed by atoms with Gasteiger partial charge in [-0.2, -0.15) is 0 Å². The summed E-state index contributed by atoms with van der Waals surface area (Å²) in [5.41, 5.74) is 8.46. The number of aromatic nitrogens is 2. The summed E-state index contributed by atoms with van der Waals surface area (Å²) in [5, 5.41) is 0. The molecule has 0 aliphatic rings. The highest BCUT2D eigenvalue weighted by molar-refractivity contribution is 5.74. The summed E-state index contributed by atoms with van der Waals surface area (Å²) < 4.78 is 0. The average Bonchev–Trinajstić information content (AvgIpc) is 2.20. The van der Waals surface area contributed by atoms with Gasteiger partial charge < -0.3 is 5.73 Å². The molecule has 0 bridgehead atoms. The third-order valence-corrected chi connectivity index (χ3v) is 1.83. The lowest BCUT2D eigenvalue weighted by molar-refractivity contribution is 1.17. The van der Waals surface area contributed by atoms with Gasteiger partial charge >= 0.3 is 0 Å². The molecule has 0 radical (unpaired) electrons. The van der Waals surface area contributed by atoms with Crippen LogP contribution >= 0.6 is 0 Å². The third-order valence-electron chi connectivity index (χ3n) is 1.83. The number of para-hydroxylation sites is 1. The summed E-state index contributed by atoms with van der Waals surface area (Å²) in [4.78, 5) is 7.87. The normalized spacial score (nSPS) is 9.85. The van der Waals surface area contributed by atoms with Gasteiger partial charge in [-0.15, -0.1) is 0 Å². The molecule has 0 unspecified atom stereocenters. The second-order valence-electron chi connectivity index (χ2n) is 2.71. The van der Waals surface area contributed by atoms with E-state index in [1.54, 1.807) is 12.4 Å². The maximum Gasteiger partial charge on any atom is 0.115 e. The van der Waals surface area contributed by atoms with Crippen LogP contribution in [0, 0.1) is 0 Å². The molecule has 0 saturated carbocycles.